The minimum absolute atomic E-state index is 0.0292. The molecule has 0 spiro atoms. The van der Waals surface area contributed by atoms with Gasteiger partial charge in [-0.15, -0.1) is 0 Å². The van der Waals surface area contributed by atoms with Crippen LogP contribution in [0.15, 0.2) is 42.6 Å². The van der Waals surface area contributed by atoms with Crippen LogP contribution in [0, 0.1) is 0 Å². The monoisotopic (exact) mass is 268 g/mol. The number of carbonyl (C=O) groups is 1. The van der Waals surface area contributed by atoms with Gasteiger partial charge in [-0.3, -0.25) is 10.1 Å². The van der Waals surface area contributed by atoms with Crippen LogP contribution >= 0.6 is 0 Å². The van der Waals surface area contributed by atoms with Gasteiger partial charge < -0.3 is 10.4 Å². The molecule has 0 amide bonds. The number of aromatic amines is 1. The molecule has 0 unspecified atom stereocenters. The largest absolute Gasteiger partial charge is 0.476 e. The first-order valence-electron chi connectivity index (χ1n) is 6.09. The second-order valence-corrected chi connectivity index (χ2v) is 4.31. The number of hydrogen-bond acceptors (Lipinski definition) is 4. The van der Waals surface area contributed by atoms with Crippen LogP contribution in [0.25, 0.3) is 10.9 Å². The summed E-state index contributed by atoms with van der Waals surface area (Å²) >= 11 is 0. The van der Waals surface area contributed by atoms with E-state index in [9.17, 15) is 4.79 Å². The van der Waals surface area contributed by atoms with E-state index >= 15 is 0 Å². The fourth-order valence-corrected chi connectivity index (χ4v) is 1.98. The number of carboxylic acids is 1. The van der Waals surface area contributed by atoms with Gasteiger partial charge in [0, 0.05) is 17.3 Å². The molecule has 6 nitrogen and oxygen atoms in total. The molecule has 20 heavy (non-hydrogen) atoms. The average molecular weight is 268 g/mol. The highest BCUT2D eigenvalue weighted by Gasteiger charge is 2.12. The van der Waals surface area contributed by atoms with Gasteiger partial charge in [0.1, 0.15) is 0 Å². The highest BCUT2D eigenvalue weighted by molar-refractivity contribution is 6.01. The number of rotatable bonds is 4. The predicted molar refractivity (Wildman–Crippen MR) is 74.6 cm³/mol. The number of anilines is 1. The summed E-state index contributed by atoms with van der Waals surface area (Å²) in [5.41, 5.74) is 2.47. The van der Waals surface area contributed by atoms with Gasteiger partial charge in [0.2, 0.25) is 0 Å². The van der Waals surface area contributed by atoms with Crippen LogP contribution in [0.4, 0.5) is 5.69 Å². The third-order valence-electron chi connectivity index (χ3n) is 2.97. The van der Waals surface area contributed by atoms with Gasteiger partial charge in [-0.05, 0) is 30.3 Å². The molecule has 0 fully saturated rings. The summed E-state index contributed by atoms with van der Waals surface area (Å²) in [5, 5.41) is 19.3. The smallest absolute Gasteiger partial charge is 0.357 e. The molecule has 0 aliphatic carbocycles. The van der Waals surface area contributed by atoms with E-state index in [4.69, 9.17) is 5.11 Å². The Kier molecular flexibility index (Phi) is 3.04. The van der Waals surface area contributed by atoms with E-state index in [0.29, 0.717) is 17.4 Å². The normalized spacial score (nSPS) is 10.6. The standard InChI is InChI=1S/C14H12N4O2/c19-14(20)13-11-7-9(4-5-12(11)17-18-13)16-8-10-3-1-2-6-15-10/h1-7,16H,8H2,(H,17,18)(H,19,20). The number of aromatic nitrogens is 3. The Balaban J connectivity index is 1.85. The Morgan fingerprint density at radius 3 is 2.95 bits per heavy atom. The molecule has 0 bridgehead atoms. The van der Waals surface area contributed by atoms with Crippen LogP contribution in [0.3, 0.4) is 0 Å². The van der Waals surface area contributed by atoms with E-state index in [0.717, 1.165) is 11.4 Å². The molecule has 2 aromatic heterocycles. The summed E-state index contributed by atoms with van der Waals surface area (Å²) in [7, 11) is 0. The Morgan fingerprint density at radius 2 is 2.20 bits per heavy atom. The minimum atomic E-state index is -1.04. The fourth-order valence-electron chi connectivity index (χ4n) is 1.98. The van der Waals surface area contributed by atoms with E-state index in [2.05, 4.69) is 20.5 Å². The van der Waals surface area contributed by atoms with E-state index in [-0.39, 0.29) is 5.69 Å². The summed E-state index contributed by atoms with van der Waals surface area (Å²) in [4.78, 5) is 15.3. The van der Waals surface area contributed by atoms with Crippen molar-refractivity contribution in [1.82, 2.24) is 15.2 Å². The number of carboxylic acid groups (broad SMARTS) is 1. The van der Waals surface area contributed by atoms with Crippen molar-refractivity contribution in [1.29, 1.82) is 0 Å². The Bertz CT molecular complexity index is 752. The van der Waals surface area contributed by atoms with Crippen LogP contribution < -0.4 is 5.32 Å². The van der Waals surface area contributed by atoms with Crippen molar-refractivity contribution in [2.24, 2.45) is 0 Å². The van der Waals surface area contributed by atoms with Crippen LogP contribution in [-0.2, 0) is 6.54 Å². The molecular formula is C14H12N4O2. The van der Waals surface area contributed by atoms with Gasteiger partial charge in [0.15, 0.2) is 5.69 Å². The lowest BCUT2D eigenvalue weighted by molar-refractivity contribution is 0.0692. The number of H-pyrrole nitrogens is 1. The topological polar surface area (TPSA) is 90.9 Å². The molecule has 0 aliphatic rings. The maximum absolute atomic E-state index is 11.1. The number of hydrogen-bond donors (Lipinski definition) is 3. The lowest BCUT2D eigenvalue weighted by Gasteiger charge is -2.05. The number of benzene rings is 1. The molecule has 0 saturated heterocycles. The number of fused-ring (bicyclic) bond motifs is 1. The maximum atomic E-state index is 11.1. The Hall–Kier alpha value is -2.89. The molecule has 3 rings (SSSR count). The maximum Gasteiger partial charge on any atom is 0.357 e. The van der Waals surface area contributed by atoms with Crippen LogP contribution in [0.5, 0.6) is 0 Å². The summed E-state index contributed by atoms with van der Waals surface area (Å²) in [6.07, 6.45) is 1.73. The van der Waals surface area contributed by atoms with Gasteiger partial charge in [0.05, 0.1) is 17.8 Å². The lowest BCUT2D eigenvalue weighted by Crippen LogP contribution is -2.01. The summed E-state index contributed by atoms with van der Waals surface area (Å²) in [6.45, 7) is 0.576. The predicted octanol–water partition coefficient (Wildman–Crippen LogP) is 2.27. The third-order valence-corrected chi connectivity index (χ3v) is 2.97. The Labute approximate surface area is 114 Å². The first-order valence-corrected chi connectivity index (χ1v) is 6.09. The zero-order chi connectivity index (χ0) is 13.9. The first kappa shape index (κ1) is 12.2. The molecule has 0 aliphatic heterocycles. The van der Waals surface area contributed by atoms with E-state index in [1.54, 1.807) is 18.3 Å². The van der Waals surface area contributed by atoms with Gasteiger partial charge in [-0.2, -0.15) is 5.10 Å². The third kappa shape index (κ3) is 2.31. The summed E-state index contributed by atoms with van der Waals surface area (Å²) in [6, 6.07) is 11.1. The molecule has 0 atom stereocenters. The lowest BCUT2D eigenvalue weighted by atomic mass is 10.2. The second-order valence-electron chi connectivity index (χ2n) is 4.31. The van der Waals surface area contributed by atoms with Crippen molar-refractivity contribution in [3.63, 3.8) is 0 Å². The van der Waals surface area contributed by atoms with Crippen LogP contribution in [-0.4, -0.2) is 26.3 Å². The van der Waals surface area contributed by atoms with Gasteiger partial charge in [-0.25, -0.2) is 4.79 Å². The molecule has 0 saturated carbocycles. The zero-order valence-corrected chi connectivity index (χ0v) is 10.5. The SMILES string of the molecule is O=C(O)c1n[nH]c2ccc(NCc3ccccn3)cc12. The molecule has 0 radical (unpaired) electrons. The van der Waals surface area contributed by atoms with Gasteiger partial charge >= 0.3 is 5.97 Å². The second kappa shape index (κ2) is 5.00. The fraction of sp³-hybridized carbons (Fsp3) is 0.0714. The molecule has 2 heterocycles. The number of nitrogens with zero attached hydrogens (tertiary/aromatic N) is 2. The molecule has 100 valence electrons. The highest BCUT2D eigenvalue weighted by Crippen LogP contribution is 2.21. The summed E-state index contributed by atoms with van der Waals surface area (Å²) in [5.74, 6) is -1.04. The number of pyridine rings is 1. The molecule has 3 N–H and O–H groups in total. The van der Waals surface area contributed by atoms with Crippen molar-refractivity contribution < 1.29 is 9.90 Å². The molecule has 1 aromatic carbocycles. The van der Waals surface area contributed by atoms with E-state index in [1.165, 1.54) is 0 Å². The first-order chi connectivity index (χ1) is 9.74. The Morgan fingerprint density at radius 1 is 1.30 bits per heavy atom. The quantitative estimate of drug-likeness (QED) is 0.675. The molecule has 3 aromatic rings. The number of nitrogens with one attached hydrogen (secondary N) is 2. The van der Waals surface area contributed by atoms with Gasteiger partial charge in [-0.1, -0.05) is 6.07 Å². The van der Waals surface area contributed by atoms with Crippen molar-refractivity contribution in [2.75, 3.05) is 5.32 Å². The summed E-state index contributed by atoms with van der Waals surface area (Å²) < 4.78 is 0. The van der Waals surface area contributed by atoms with E-state index < -0.39 is 5.97 Å². The van der Waals surface area contributed by atoms with Crippen LogP contribution in [0.1, 0.15) is 16.2 Å². The van der Waals surface area contributed by atoms with Crippen LogP contribution in [0.2, 0.25) is 0 Å². The van der Waals surface area contributed by atoms with E-state index in [1.807, 2.05) is 24.3 Å². The molecular weight excluding hydrogens is 256 g/mol. The average Bonchev–Trinajstić information content (AvgIpc) is 2.89. The van der Waals surface area contributed by atoms with Crippen molar-refractivity contribution in [2.45, 2.75) is 6.54 Å². The van der Waals surface area contributed by atoms with Gasteiger partial charge in [0.25, 0.3) is 0 Å². The van der Waals surface area contributed by atoms with Crippen molar-refractivity contribution in [3.05, 3.63) is 54.0 Å². The highest BCUT2D eigenvalue weighted by atomic mass is 16.4. The number of aromatic carboxylic acids is 1. The minimum Gasteiger partial charge on any atom is -0.476 e. The zero-order valence-electron chi connectivity index (χ0n) is 10.5. The van der Waals surface area contributed by atoms with Crippen molar-refractivity contribution >= 4 is 22.6 Å². The molecule has 6 heteroatoms. The van der Waals surface area contributed by atoms with Crippen molar-refractivity contribution in [3.8, 4) is 0 Å².